The molecule has 0 bridgehead atoms. The molecule has 7 nitrogen and oxygen atoms in total. The van der Waals surface area contributed by atoms with Gasteiger partial charge in [-0.15, -0.1) is 0 Å². The molecule has 0 unspecified atom stereocenters. The number of rotatable bonds is 5. The van der Waals surface area contributed by atoms with Gasteiger partial charge in [0.15, 0.2) is 5.82 Å². The van der Waals surface area contributed by atoms with Crippen LogP contribution in [0.4, 0.5) is 0 Å². The third kappa shape index (κ3) is 3.43. The van der Waals surface area contributed by atoms with Crippen molar-refractivity contribution >= 4 is 16.8 Å². The fourth-order valence-electron chi connectivity index (χ4n) is 5.81. The molecular weight excluding hydrogens is 400 g/mol. The van der Waals surface area contributed by atoms with Gasteiger partial charge in [-0.2, -0.15) is 5.10 Å². The second kappa shape index (κ2) is 8.03. The molecule has 170 valence electrons. The van der Waals surface area contributed by atoms with E-state index >= 15 is 0 Å². The molecule has 0 radical (unpaired) electrons. The number of nitrogens with zero attached hydrogens (tertiary/aromatic N) is 5. The maximum atomic E-state index is 12.9. The highest BCUT2D eigenvalue weighted by molar-refractivity contribution is 5.84. The smallest absolute Gasteiger partial charge is 0.225 e. The lowest BCUT2D eigenvalue weighted by atomic mass is 9.72. The summed E-state index contributed by atoms with van der Waals surface area (Å²) in [7, 11) is 0. The number of hydrogen-bond acceptors (Lipinski definition) is 4. The Morgan fingerprint density at radius 3 is 2.81 bits per heavy atom. The summed E-state index contributed by atoms with van der Waals surface area (Å²) in [5.41, 5.74) is 2.54. The second-order valence-electron chi connectivity index (χ2n) is 9.91. The first-order chi connectivity index (χ1) is 15.4. The zero-order valence-electron chi connectivity index (χ0n) is 19.6. The summed E-state index contributed by atoms with van der Waals surface area (Å²) in [5, 5.41) is 8.97. The Balaban J connectivity index is 1.42. The van der Waals surface area contributed by atoms with Crippen molar-refractivity contribution in [3.8, 4) is 0 Å². The molecule has 2 aliphatic rings. The van der Waals surface area contributed by atoms with E-state index in [1.54, 1.807) is 0 Å². The number of likely N-dealkylation sites (tertiary alicyclic amines) is 2. The summed E-state index contributed by atoms with van der Waals surface area (Å²) in [5.74, 6) is 2.33. The summed E-state index contributed by atoms with van der Waals surface area (Å²) < 4.78 is 2.34. The van der Waals surface area contributed by atoms with Crippen molar-refractivity contribution < 1.29 is 4.79 Å². The van der Waals surface area contributed by atoms with Gasteiger partial charge < -0.3 is 9.47 Å². The molecule has 3 aromatic rings. The van der Waals surface area contributed by atoms with E-state index in [4.69, 9.17) is 4.98 Å². The lowest BCUT2D eigenvalue weighted by Gasteiger charge is -2.41. The minimum absolute atomic E-state index is 0.0114. The number of carbonyl (C=O) groups excluding carboxylic acids is 1. The fourth-order valence-corrected chi connectivity index (χ4v) is 5.81. The largest absolute Gasteiger partial charge is 0.347 e. The number of aromatic amines is 1. The van der Waals surface area contributed by atoms with Gasteiger partial charge in [0.05, 0.1) is 5.41 Å². The predicted molar refractivity (Wildman–Crippen MR) is 125 cm³/mol. The lowest BCUT2D eigenvalue weighted by Crippen LogP contribution is -2.49. The quantitative estimate of drug-likeness (QED) is 0.669. The summed E-state index contributed by atoms with van der Waals surface area (Å²) in [6.07, 6.45) is 3.29. The van der Waals surface area contributed by atoms with Crippen LogP contribution in [-0.2, 0) is 23.3 Å². The SMILES string of the molecule is CCn1cc(CN2CC[C@@]3(c4n[nH]c(C)n4)CN(C(=O)C(C)C)C[C@H]3C2)c2ccccc21. The van der Waals surface area contributed by atoms with Gasteiger partial charge in [-0.3, -0.25) is 14.8 Å². The van der Waals surface area contributed by atoms with Crippen molar-refractivity contribution in [1.82, 2.24) is 29.5 Å². The van der Waals surface area contributed by atoms with Crippen LogP contribution in [0.15, 0.2) is 30.5 Å². The Morgan fingerprint density at radius 1 is 1.28 bits per heavy atom. The first-order valence-electron chi connectivity index (χ1n) is 11.9. The van der Waals surface area contributed by atoms with Gasteiger partial charge in [-0.05, 0) is 38.4 Å². The maximum absolute atomic E-state index is 12.9. The highest BCUT2D eigenvalue weighted by Crippen LogP contribution is 2.44. The number of fused-ring (bicyclic) bond motifs is 2. The van der Waals surface area contributed by atoms with Crippen molar-refractivity contribution in [2.75, 3.05) is 26.2 Å². The van der Waals surface area contributed by atoms with E-state index in [-0.39, 0.29) is 17.2 Å². The molecular formula is C25H34N6O. The number of aromatic nitrogens is 4. The third-order valence-corrected chi connectivity index (χ3v) is 7.50. The van der Waals surface area contributed by atoms with Crippen molar-refractivity contribution in [2.45, 2.75) is 52.6 Å². The van der Waals surface area contributed by atoms with Gasteiger partial charge in [-0.25, -0.2) is 4.98 Å². The number of benzene rings is 1. The first kappa shape index (κ1) is 21.2. The minimum atomic E-state index is -0.150. The highest BCUT2D eigenvalue weighted by atomic mass is 16.2. The Bertz CT molecular complexity index is 1130. The van der Waals surface area contributed by atoms with E-state index in [0.717, 1.165) is 57.3 Å². The molecule has 32 heavy (non-hydrogen) atoms. The molecule has 1 amide bonds. The molecule has 5 rings (SSSR count). The molecule has 1 aromatic carbocycles. The van der Waals surface area contributed by atoms with Gasteiger partial charge >= 0.3 is 0 Å². The van der Waals surface area contributed by atoms with E-state index in [9.17, 15) is 4.79 Å². The summed E-state index contributed by atoms with van der Waals surface area (Å²) in [4.78, 5) is 22.3. The number of carbonyl (C=O) groups is 1. The topological polar surface area (TPSA) is 70.1 Å². The molecule has 0 aliphatic carbocycles. The molecule has 0 spiro atoms. The van der Waals surface area contributed by atoms with E-state index < -0.39 is 0 Å². The zero-order chi connectivity index (χ0) is 22.5. The van der Waals surface area contributed by atoms with Crippen LogP contribution in [0.5, 0.6) is 0 Å². The highest BCUT2D eigenvalue weighted by Gasteiger charge is 2.54. The van der Waals surface area contributed by atoms with Crippen LogP contribution in [0.2, 0.25) is 0 Å². The van der Waals surface area contributed by atoms with Crippen molar-refractivity contribution in [3.63, 3.8) is 0 Å². The predicted octanol–water partition coefficient (Wildman–Crippen LogP) is 3.35. The molecule has 7 heteroatoms. The molecule has 2 saturated heterocycles. The Labute approximate surface area is 189 Å². The van der Waals surface area contributed by atoms with Crippen LogP contribution in [0, 0.1) is 18.8 Å². The zero-order valence-corrected chi connectivity index (χ0v) is 19.6. The van der Waals surface area contributed by atoms with Gasteiger partial charge in [0.1, 0.15) is 5.82 Å². The Kier molecular flexibility index (Phi) is 5.32. The number of H-pyrrole nitrogens is 1. The Morgan fingerprint density at radius 2 is 2.09 bits per heavy atom. The van der Waals surface area contributed by atoms with E-state index in [0.29, 0.717) is 5.92 Å². The van der Waals surface area contributed by atoms with Crippen LogP contribution in [-0.4, -0.2) is 61.6 Å². The van der Waals surface area contributed by atoms with Gasteiger partial charge in [0.25, 0.3) is 0 Å². The number of amides is 1. The molecule has 2 aliphatic heterocycles. The van der Waals surface area contributed by atoms with E-state index in [1.165, 1.54) is 16.5 Å². The molecule has 4 heterocycles. The molecule has 2 aromatic heterocycles. The average molecular weight is 435 g/mol. The van der Waals surface area contributed by atoms with Gasteiger partial charge in [-0.1, -0.05) is 32.0 Å². The minimum Gasteiger partial charge on any atom is -0.347 e. The van der Waals surface area contributed by atoms with Crippen molar-refractivity contribution in [2.24, 2.45) is 11.8 Å². The Hall–Kier alpha value is -2.67. The monoisotopic (exact) mass is 434 g/mol. The standard InChI is InChI=1S/C25H34N6O/c1-5-30-13-19(21-8-6-7-9-22(21)30)12-29-11-10-25(24-26-18(4)27-28-24)16-31(15-20(25)14-29)23(32)17(2)3/h6-9,13,17,20H,5,10-12,14-16H2,1-4H3,(H,26,27,28)/t20-,25-/m1/s1. The number of nitrogens with one attached hydrogen (secondary N) is 1. The van der Waals surface area contributed by atoms with Crippen LogP contribution in [0.25, 0.3) is 10.9 Å². The number of piperidine rings is 1. The van der Waals surface area contributed by atoms with Crippen LogP contribution in [0.3, 0.4) is 0 Å². The number of aryl methyl sites for hydroxylation is 2. The van der Waals surface area contributed by atoms with Crippen LogP contribution in [0.1, 0.15) is 44.4 Å². The van der Waals surface area contributed by atoms with Gasteiger partial charge in [0, 0.05) is 61.7 Å². The van der Waals surface area contributed by atoms with E-state index in [1.807, 2.05) is 20.8 Å². The van der Waals surface area contributed by atoms with E-state index in [2.05, 4.69) is 62.0 Å². The second-order valence-corrected chi connectivity index (χ2v) is 9.91. The first-order valence-corrected chi connectivity index (χ1v) is 11.9. The number of hydrogen-bond donors (Lipinski definition) is 1. The third-order valence-electron chi connectivity index (χ3n) is 7.50. The van der Waals surface area contributed by atoms with Crippen molar-refractivity contribution in [3.05, 3.63) is 47.7 Å². The number of para-hydroxylation sites is 1. The fraction of sp³-hybridized carbons (Fsp3) is 0.560. The van der Waals surface area contributed by atoms with Crippen molar-refractivity contribution in [1.29, 1.82) is 0 Å². The summed E-state index contributed by atoms with van der Waals surface area (Å²) >= 11 is 0. The summed E-state index contributed by atoms with van der Waals surface area (Å²) in [6.45, 7) is 13.5. The maximum Gasteiger partial charge on any atom is 0.225 e. The van der Waals surface area contributed by atoms with Crippen LogP contribution < -0.4 is 0 Å². The summed E-state index contributed by atoms with van der Waals surface area (Å²) in [6, 6.07) is 8.69. The average Bonchev–Trinajstić information content (AvgIpc) is 3.49. The normalized spacial score (nSPS) is 23.9. The molecule has 0 saturated carbocycles. The van der Waals surface area contributed by atoms with Crippen LogP contribution >= 0.6 is 0 Å². The van der Waals surface area contributed by atoms with Gasteiger partial charge in [0.2, 0.25) is 5.91 Å². The molecule has 2 fully saturated rings. The molecule has 2 atom stereocenters. The lowest BCUT2D eigenvalue weighted by molar-refractivity contribution is -0.133. The molecule has 1 N–H and O–H groups in total.